The Morgan fingerprint density at radius 2 is 1.64 bits per heavy atom. The van der Waals surface area contributed by atoms with E-state index in [1.54, 1.807) is 13.8 Å². The van der Waals surface area contributed by atoms with E-state index in [2.05, 4.69) is 20.9 Å². The highest BCUT2D eigenvalue weighted by Crippen LogP contribution is 2.09. The molecule has 0 aromatic rings. The van der Waals surface area contributed by atoms with Crippen LogP contribution in [0.1, 0.15) is 46.0 Å². The van der Waals surface area contributed by atoms with Crippen molar-refractivity contribution < 1.29 is 34.2 Å². The SMILES string of the molecule is CCC(C)C(NC(=O)CNC(=O)C(N)CCCN=C(N)N)C(=O)NC(CCC(=O)O)C(=O)O. The molecule has 33 heavy (non-hydrogen) atoms. The molecule has 0 aliphatic heterocycles. The van der Waals surface area contributed by atoms with Crippen molar-refractivity contribution in [3.05, 3.63) is 0 Å². The van der Waals surface area contributed by atoms with Crippen molar-refractivity contribution in [2.75, 3.05) is 13.1 Å². The number of carbonyl (C=O) groups excluding carboxylic acids is 3. The van der Waals surface area contributed by atoms with Gasteiger partial charge in [-0.3, -0.25) is 24.2 Å². The number of guanidine groups is 1. The van der Waals surface area contributed by atoms with Crippen molar-refractivity contribution in [3.63, 3.8) is 0 Å². The van der Waals surface area contributed by atoms with Gasteiger partial charge in [-0.15, -0.1) is 0 Å². The Morgan fingerprint density at radius 3 is 2.15 bits per heavy atom. The second-order valence-corrected chi connectivity index (χ2v) is 7.54. The van der Waals surface area contributed by atoms with Crippen LogP contribution >= 0.6 is 0 Å². The summed E-state index contributed by atoms with van der Waals surface area (Å²) in [5.41, 5.74) is 16.2. The minimum absolute atomic E-state index is 0.0684. The fourth-order valence-corrected chi connectivity index (χ4v) is 2.66. The van der Waals surface area contributed by atoms with Crippen molar-refractivity contribution in [3.8, 4) is 0 Å². The molecule has 0 rings (SSSR count). The highest BCUT2D eigenvalue weighted by Gasteiger charge is 2.30. The van der Waals surface area contributed by atoms with E-state index in [0.717, 1.165) is 0 Å². The van der Waals surface area contributed by atoms with Crippen molar-refractivity contribution >= 4 is 35.6 Å². The average molecular weight is 474 g/mol. The first-order chi connectivity index (χ1) is 15.4. The molecule has 0 radical (unpaired) electrons. The van der Waals surface area contributed by atoms with Gasteiger partial charge in [-0.25, -0.2) is 4.79 Å². The van der Waals surface area contributed by atoms with E-state index < -0.39 is 60.8 Å². The molecule has 0 aliphatic rings. The highest BCUT2D eigenvalue weighted by atomic mass is 16.4. The van der Waals surface area contributed by atoms with Gasteiger partial charge < -0.3 is 43.4 Å². The monoisotopic (exact) mass is 473 g/mol. The number of carbonyl (C=O) groups is 5. The molecule has 0 aliphatic carbocycles. The third-order valence-corrected chi connectivity index (χ3v) is 4.80. The number of nitrogens with two attached hydrogens (primary N) is 3. The summed E-state index contributed by atoms with van der Waals surface area (Å²) >= 11 is 0. The van der Waals surface area contributed by atoms with Crippen LogP contribution in [-0.4, -0.2) is 77.0 Å². The van der Waals surface area contributed by atoms with Gasteiger partial charge in [0.2, 0.25) is 17.7 Å². The molecule has 0 bridgehead atoms. The largest absolute Gasteiger partial charge is 0.481 e. The van der Waals surface area contributed by atoms with Gasteiger partial charge in [0.1, 0.15) is 12.1 Å². The first-order valence-electron chi connectivity index (χ1n) is 10.5. The van der Waals surface area contributed by atoms with Crippen LogP contribution in [0.4, 0.5) is 0 Å². The second kappa shape index (κ2) is 15.4. The minimum atomic E-state index is -1.42. The van der Waals surface area contributed by atoms with E-state index in [1.807, 2.05) is 0 Å². The predicted octanol–water partition coefficient (Wildman–Crippen LogP) is -2.55. The normalized spacial score (nSPS) is 14.2. The predicted molar refractivity (Wildman–Crippen MR) is 119 cm³/mol. The van der Waals surface area contributed by atoms with Crippen LogP contribution in [0.15, 0.2) is 4.99 Å². The van der Waals surface area contributed by atoms with Crippen molar-refractivity contribution in [1.29, 1.82) is 0 Å². The summed E-state index contributed by atoms with van der Waals surface area (Å²) in [5, 5.41) is 25.1. The number of hydrogen-bond donors (Lipinski definition) is 8. The number of amides is 3. The molecule has 0 saturated carbocycles. The van der Waals surface area contributed by atoms with Crippen LogP contribution in [0.3, 0.4) is 0 Å². The number of rotatable bonds is 16. The van der Waals surface area contributed by atoms with E-state index in [-0.39, 0.29) is 24.7 Å². The van der Waals surface area contributed by atoms with Crippen LogP contribution in [0.25, 0.3) is 0 Å². The van der Waals surface area contributed by atoms with Crippen molar-refractivity contribution in [1.82, 2.24) is 16.0 Å². The molecule has 0 aromatic heterocycles. The van der Waals surface area contributed by atoms with Crippen LogP contribution in [0, 0.1) is 5.92 Å². The maximum atomic E-state index is 12.6. The number of hydrogen-bond acceptors (Lipinski definition) is 7. The molecule has 4 unspecified atom stereocenters. The highest BCUT2D eigenvalue weighted by molar-refractivity contribution is 5.92. The second-order valence-electron chi connectivity index (χ2n) is 7.54. The average Bonchev–Trinajstić information content (AvgIpc) is 2.74. The van der Waals surface area contributed by atoms with Crippen LogP contribution in [0.2, 0.25) is 0 Å². The zero-order valence-electron chi connectivity index (χ0n) is 18.9. The molecule has 188 valence electrons. The van der Waals surface area contributed by atoms with Gasteiger partial charge in [-0.05, 0) is 25.2 Å². The molecule has 0 saturated heterocycles. The van der Waals surface area contributed by atoms with Crippen LogP contribution < -0.4 is 33.2 Å². The van der Waals surface area contributed by atoms with E-state index >= 15 is 0 Å². The Balaban J connectivity index is 4.84. The third-order valence-electron chi connectivity index (χ3n) is 4.80. The summed E-state index contributed by atoms with van der Waals surface area (Å²) in [6.07, 6.45) is 0.472. The molecule has 14 heteroatoms. The van der Waals surface area contributed by atoms with Gasteiger partial charge in [0.05, 0.1) is 12.6 Å². The number of aliphatic carboxylic acids is 2. The van der Waals surface area contributed by atoms with Crippen LogP contribution in [-0.2, 0) is 24.0 Å². The van der Waals surface area contributed by atoms with Gasteiger partial charge in [0.25, 0.3) is 0 Å². The number of carboxylic acids is 2. The standard InChI is InChI=1S/C19H35N7O7/c1-3-10(2)15(17(31)25-12(18(32)33)6-7-14(28)29)26-13(27)9-24-16(30)11(20)5-4-8-23-19(21)22/h10-12,15H,3-9,20H2,1-2H3,(H,24,30)(H,25,31)(H,26,27)(H,28,29)(H,32,33)(H4,21,22,23). The Bertz CT molecular complexity index is 725. The maximum absolute atomic E-state index is 12.6. The quantitative estimate of drug-likeness (QED) is 0.0661. The number of nitrogens with one attached hydrogen (secondary N) is 3. The number of aliphatic imine (C=N–C) groups is 1. The minimum Gasteiger partial charge on any atom is -0.481 e. The molecule has 0 spiro atoms. The maximum Gasteiger partial charge on any atom is 0.326 e. The molecular formula is C19H35N7O7. The first-order valence-corrected chi connectivity index (χ1v) is 10.5. The van der Waals surface area contributed by atoms with Gasteiger partial charge in [-0.1, -0.05) is 20.3 Å². The van der Waals surface area contributed by atoms with E-state index in [4.69, 9.17) is 22.3 Å². The van der Waals surface area contributed by atoms with E-state index in [1.165, 1.54) is 0 Å². The Kier molecular flexibility index (Phi) is 13.8. The lowest BCUT2D eigenvalue weighted by atomic mass is 9.97. The van der Waals surface area contributed by atoms with E-state index in [9.17, 15) is 29.1 Å². The molecule has 3 amide bonds. The molecule has 14 nitrogen and oxygen atoms in total. The zero-order valence-corrected chi connectivity index (χ0v) is 18.9. The zero-order chi connectivity index (χ0) is 25.6. The van der Waals surface area contributed by atoms with Gasteiger partial charge >= 0.3 is 11.9 Å². The summed E-state index contributed by atoms with van der Waals surface area (Å²) in [6.45, 7) is 3.32. The number of carboxylic acid groups (broad SMARTS) is 2. The molecule has 0 fully saturated rings. The fourth-order valence-electron chi connectivity index (χ4n) is 2.66. The summed E-state index contributed by atoms with van der Waals surface area (Å²) in [7, 11) is 0. The summed E-state index contributed by atoms with van der Waals surface area (Å²) in [4.78, 5) is 62.7. The summed E-state index contributed by atoms with van der Waals surface area (Å²) in [6, 6.07) is -3.39. The van der Waals surface area contributed by atoms with Crippen molar-refractivity contribution in [2.24, 2.45) is 28.1 Å². The smallest absolute Gasteiger partial charge is 0.326 e. The van der Waals surface area contributed by atoms with Crippen molar-refractivity contribution in [2.45, 2.75) is 64.1 Å². The molecule has 0 heterocycles. The lowest BCUT2D eigenvalue weighted by molar-refractivity contribution is -0.143. The summed E-state index contributed by atoms with van der Waals surface area (Å²) < 4.78 is 0. The first kappa shape index (κ1) is 29.6. The molecule has 0 aromatic carbocycles. The third kappa shape index (κ3) is 12.9. The van der Waals surface area contributed by atoms with E-state index in [0.29, 0.717) is 19.4 Å². The van der Waals surface area contributed by atoms with Crippen LogP contribution in [0.5, 0.6) is 0 Å². The number of nitrogens with zero attached hydrogens (tertiary/aromatic N) is 1. The molecular weight excluding hydrogens is 438 g/mol. The summed E-state index contributed by atoms with van der Waals surface area (Å²) in [5.74, 6) is -5.03. The Morgan fingerprint density at radius 1 is 1.00 bits per heavy atom. The van der Waals surface area contributed by atoms with Gasteiger partial charge in [0.15, 0.2) is 5.96 Å². The van der Waals surface area contributed by atoms with Gasteiger partial charge in [0, 0.05) is 13.0 Å². The topological polar surface area (TPSA) is 252 Å². The lowest BCUT2D eigenvalue weighted by Gasteiger charge is -2.25. The van der Waals surface area contributed by atoms with Gasteiger partial charge in [-0.2, -0.15) is 0 Å². The Hall–Kier alpha value is -3.42. The fraction of sp³-hybridized carbons (Fsp3) is 0.684. The lowest BCUT2D eigenvalue weighted by Crippen LogP contribution is -2.55. The molecule has 4 atom stereocenters. The molecule has 11 N–H and O–H groups in total. The Labute approximate surface area is 191 Å².